The van der Waals surface area contributed by atoms with Crippen LogP contribution in [0.3, 0.4) is 0 Å². The summed E-state index contributed by atoms with van der Waals surface area (Å²) < 4.78 is 4.58. The van der Waals surface area contributed by atoms with E-state index in [0.29, 0.717) is 5.92 Å². The van der Waals surface area contributed by atoms with Gasteiger partial charge >= 0.3 is 5.97 Å². The van der Waals surface area contributed by atoms with Gasteiger partial charge in [-0.3, -0.25) is 9.59 Å². The Balaban J connectivity index is 2.57. The highest BCUT2D eigenvalue weighted by atomic mass is 16.5. The lowest BCUT2D eigenvalue weighted by Crippen LogP contribution is -2.42. The molecule has 1 fully saturated rings. The molecule has 0 saturated heterocycles. The van der Waals surface area contributed by atoms with Crippen molar-refractivity contribution < 1.29 is 14.3 Å². The van der Waals surface area contributed by atoms with Crippen LogP contribution < -0.4 is 0 Å². The summed E-state index contributed by atoms with van der Waals surface area (Å²) in [6.45, 7) is 5.94. The molecule has 1 saturated carbocycles. The predicted octanol–water partition coefficient (Wildman–Crippen LogP) is 1.05. The number of ether oxygens (including phenoxy) is 1. The van der Waals surface area contributed by atoms with Crippen LogP contribution in [0.2, 0.25) is 0 Å². The average molecular weight is 213 g/mol. The van der Waals surface area contributed by atoms with Crippen molar-refractivity contribution in [1.82, 2.24) is 4.90 Å². The van der Waals surface area contributed by atoms with Crippen LogP contribution in [-0.4, -0.2) is 36.5 Å². The molecule has 4 nitrogen and oxygen atoms in total. The summed E-state index contributed by atoms with van der Waals surface area (Å²) in [5.41, 5.74) is 0. The molecule has 0 spiro atoms. The average Bonchev–Trinajstić information content (AvgIpc) is 2.90. The molecule has 2 atom stereocenters. The van der Waals surface area contributed by atoms with Gasteiger partial charge in [0.2, 0.25) is 5.91 Å². The van der Waals surface area contributed by atoms with Crippen molar-refractivity contribution in [2.75, 3.05) is 13.7 Å². The quantitative estimate of drug-likeness (QED) is 0.656. The first-order valence-corrected chi connectivity index (χ1v) is 5.34. The smallest absolute Gasteiger partial charge is 0.325 e. The molecule has 0 radical (unpaired) electrons. The van der Waals surface area contributed by atoms with E-state index in [1.165, 1.54) is 7.11 Å². The van der Waals surface area contributed by atoms with Gasteiger partial charge in [0.25, 0.3) is 0 Å². The minimum atomic E-state index is -0.356. The molecule has 0 bridgehead atoms. The van der Waals surface area contributed by atoms with Crippen LogP contribution in [0.1, 0.15) is 27.2 Å². The highest BCUT2D eigenvalue weighted by Gasteiger charge is 2.42. The Morgan fingerprint density at radius 1 is 1.47 bits per heavy atom. The Bertz CT molecular complexity index is 263. The molecule has 0 aromatic carbocycles. The molecule has 0 unspecified atom stereocenters. The van der Waals surface area contributed by atoms with E-state index in [0.717, 1.165) is 6.42 Å². The second-order valence-electron chi connectivity index (χ2n) is 4.46. The fraction of sp³-hybridized carbons (Fsp3) is 0.818. The van der Waals surface area contributed by atoms with Gasteiger partial charge in [0, 0.05) is 12.0 Å². The lowest BCUT2D eigenvalue weighted by atomic mass is 10.2. The summed E-state index contributed by atoms with van der Waals surface area (Å²) in [5.74, 6) is 0.321. The zero-order valence-electron chi connectivity index (χ0n) is 9.82. The molecule has 1 rings (SSSR count). The lowest BCUT2D eigenvalue weighted by molar-refractivity contribution is -0.148. The normalized spacial score (nSPS) is 23.8. The highest BCUT2D eigenvalue weighted by Crippen LogP contribution is 2.39. The maximum Gasteiger partial charge on any atom is 0.325 e. The maximum absolute atomic E-state index is 11.9. The summed E-state index contributed by atoms with van der Waals surface area (Å²) >= 11 is 0. The molecule has 0 aromatic rings. The third-order valence-corrected chi connectivity index (χ3v) is 2.86. The second kappa shape index (κ2) is 4.64. The third-order valence-electron chi connectivity index (χ3n) is 2.86. The molecule has 1 amide bonds. The van der Waals surface area contributed by atoms with Crippen LogP contribution in [0.25, 0.3) is 0 Å². The standard InChI is InChI=1S/C11H19NO3/c1-7(2)12(6-10(13)15-4)11(14)9-5-8(9)3/h7-9H,5-6H2,1-4H3/t8-,9+/m1/s1. The molecule has 4 heteroatoms. The van der Waals surface area contributed by atoms with E-state index in [1.807, 2.05) is 13.8 Å². The summed E-state index contributed by atoms with van der Waals surface area (Å²) in [7, 11) is 1.34. The van der Waals surface area contributed by atoms with Crippen LogP contribution in [0, 0.1) is 11.8 Å². The Kier molecular flexibility index (Phi) is 3.72. The highest BCUT2D eigenvalue weighted by molar-refractivity contribution is 5.85. The van der Waals surface area contributed by atoms with E-state index < -0.39 is 0 Å². The number of amides is 1. The van der Waals surface area contributed by atoms with Crippen molar-refractivity contribution >= 4 is 11.9 Å². The number of nitrogens with zero attached hydrogens (tertiary/aromatic N) is 1. The van der Waals surface area contributed by atoms with Crippen molar-refractivity contribution in [2.24, 2.45) is 11.8 Å². The number of hydrogen-bond acceptors (Lipinski definition) is 3. The van der Waals surface area contributed by atoms with E-state index in [1.54, 1.807) is 4.90 Å². The Labute approximate surface area is 90.6 Å². The van der Waals surface area contributed by atoms with Crippen LogP contribution in [0.4, 0.5) is 0 Å². The Morgan fingerprint density at radius 2 is 2.00 bits per heavy atom. The summed E-state index contributed by atoms with van der Waals surface area (Å²) in [5, 5.41) is 0. The van der Waals surface area contributed by atoms with Gasteiger partial charge in [-0.2, -0.15) is 0 Å². The monoisotopic (exact) mass is 213 g/mol. The van der Waals surface area contributed by atoms with E-state index in [-0.39, 0.29) is 30.4 Å². The van der Waals surface area contributed by atoms with Gasteiger partial charge in [-0.25, -0.2) is 0 Å². The van der Waals surface area contributed by atoms with Gasteiger partial charge in [-0.15, -0.1) is 0 Å². The van der Waals surface area contributed by atoms with Crippen LogP contribution in [0.15, 0.2) is 0 Å². The van der Waals surface area contributed by atoms with Gasteiger partial charge < -0.3 is 9.64 Å². The fourth-order valence-corrected chi connectivity index (χ4v) is 1.60. The van der Waals surface area contributed by atoms with Gasteiger partial charge in [-0.05, 0) is 26.2 Å². The topological polar surface area (TPSA) is 46.6 Å². The van der Waals surface area contributed by atoms with Crippen molar-refractivity contribution in [1.29, 1.82) is 0 Å². The Hall–Kier alpha value is -1.06. The molecular weight excluding hydrogens is 194 g/mol. The van der Waals surface area contributed by atoms with E-state index in [9.17, 15) is 9.59 Å². The Morgan fingerprint density at radius 3 is 2.33 bits per heavy atom. The van der Waals surface area contributed by atoms with Crippen molar-refractivity contribution in [3.8, 4) is 0 Å². The molecule has 0 aromatic heterocycles. The summed E-state index contributed by atoms with van der Waals surface area (Å²) in [6.07, 6.45) is 0.948. The van der Waals surface area contributed by atoms with Crippen LogP contribution in [-0.2, 0) is 14.3 Å². The largest absolute Gasteiger partial charge is 0.468 e. The zero-order chi connectivity index (χ0) is 11.6. The SMILES string of the molecule is COC(=O)CN(C(=O)[C@H]1C[C@H]1C)C(C)C. The number of rotatable bonds is 4. The molecule has 1 aliphatic carbocycles. The van der Waals surface area contributed by atoms with Gasteiger partial charge in [0.15, 0.2) is 0 Å². The summed E-state index contributed by atoms with van der Waals surface area (Å²) in [4.78, 5) is 24.7. The molecule has 86 valence electrons. The van der Waals surface area contributed by atoms with Crippen LogP contribution in [0.5, 0.6) is 0 Å². The third kappa shape index (κ3) is 2.94. The van der Waals surface area contributed by atoms with Crippen molar-refractivity contribution in [3.05, 3.63) is 0 Å². The first-order chi connectivity index (χ1) is 6.97. The lowest BCUT2D eigenvalue weighted by Gasteiger charge is -2.25. The number of carbonyl (C=O) groups excluding carboxylic acids is 2. The minimum Gasteiger partial charge on any atom is -0.468 e. The fourth-order valence-electron chi connectivity index (χ4n) is 1.60. The van der Waals surface area contributed by atoms with E-state index >= 15 is 0 Å². The minimum absolute atomic E-state index is 0.0457. The van der Waals surface area contributed by atoms with Crippen molar-refractivity contribution in [2.45, 2.75) is 33.2 Å². The van der Waals surface area contributed by atoms with Gasteiger partial charge in [0.1, 0.15) is 6.54 Å². The molecular formula is C11H19NO3. The number of carbonyl (C=O) groups is 2. The summed E-state index contributed by atoms with van der Waals surface area (Å²) in [6, 6.07) is 0.0457. The van der Waals surface area contributed by atoms with Gasteiger partial charge in [0.05, 0.1) is 7.11 Å². The van der Waals surface area contributed by atoms with Crippen molar-refractivity contribution in [3.63, 3.8) is 0 Å². The van der Waals surface area contributed by atoms with Gasteiger partial charge in [-0.1, -0.05) is 6.92 Å². The predicted molar refractivity (Wildman–Crippen MR) is 56.1 cm³/mol. The zero-order valence-corrected chi connectivity index (χ0v) is 9.82. The number of hydrogen-bond donors (Lipinski definition) is 0. The number of methoxy groups -OCH3 is 1. The van der Waals surface area contributed by atoms with E-state index in [2.05, 4.69) is 11.7 Å². The molecule has 0 N–H and O–H groups in total. The molecule has 1 aliphatic rings. The first-order valence-electron chi connectivity index (χ1n) is 5.34. The first kappa shape index (κ1) is 12.0. The van der Waals surface area contributed by atoms with E-state index in [4.69, 9.17) is 0 Å². The molecule has 0 heterocycles. The van der Waals surface area contributed by atoms with Crippen LogP contribution >= 0.6 is 0 Å². The molecule has 15 heavy (non-hydrogen) atoms. The maximum atomic E-state index is 11.9. The second-order valence-corrected chi connectivity index (χ2v) is 4.46. The number of esters is 1. The molecule has 0 aliphatic heterocycles.